The van der Waals surface area contributed by atoms with Crippen LogP contribution in [-0.2, 0) is 0 Å². The summed E-state index contributed by atoms with van der Waals surface area (Å²) < 4.78 is 0. The smallest absolute Gasteiger partial charge is 0.151 e. The molecule has 18 heavy (non-hydrogen) atoms. The maximum atomic E-state index is 10.6. The molecule has 1 aliphatic carbocycles. The van der Waals surface area contributed by atoms with Crippen LogP contribution in [-0.4, -0.2) is 34.0 Å². The van der Waals surface area contributed by atoms with E-state index in [-0.39, 0.29) is 0 Å². The average Bonchev–Trinajstić information content (AvgIpc) is 2.37. The van der Waals surface area contributed by atoms with Crippen molar-refractivity contribution >= 4 is 5.82 Å². The number of aliphatic hydroxyl groups is 1. The summed E-state index contributed by atoms with van der Waals surface area (Å²) in [4.78, 5) is 2.28. The molecule has 0 aromatic carbocycles. The Labute approximate surface area is 108 Å². The highest BCUT2D eigenvalue weighted by molar-refractivity contribution is 5.40. The Bertz CT molecular complexity index is 437. The lowest BCUT2D eigenvalue weighted by molar-refractivity contribution is -0.0613. The van der Waals surface area contributed by atoms with Gasteiger partial charge in [-0.05, 0) is 37.8 Å². The molecular formula is C14H21N3O. The highest BCUT2D eigenvalue weighted by atomic mass is 16.3. The zero-order chi connectivity index (χ0) is 12.6. The monoisotopic (exact) mass is 247 g/mol. The Kier molecular flexibility index (Phi) is 2.98. The average molecular weight is 247 g/mol. The standard InChI is InChI=1S/C14H21N3O/c1-11-8-13(16-15-9-11)17-7-6-14(18)5-3-2-4-12(14)10-17/h8-9,12,18H,2-7,10H2,1H3. The topological polar surface area (TPSA) is 49.2 Å². The van der Waals surface area contributed by atoms with Crippen molar-refractivity contribution in [1.29, 1.82) is 0 Å². The van der Waals surface area contributed by atoms with E-state index in [4.69, 9.17) is 0 Å². The zero-order valence-corrected chi connectivity index (χ0v) is 11.0. The molecule has 0 amide bonds. The first-order valence-corrected chi connectivity index (χ1v) is 6.94. The minimum Gasteiger partial charge on any atom is -0.389 e. The summed E-state index contributed by atoms with van der Waals surface area (Å²) in [5.74, 6) is 1.37. The molecule has 2 unspecified atom stereocenters. The van der Waals surface area contributed by atoms with E-state index >= 15 is 0 Å². The van der Waals surface area contributed by atoms with Crippen molar-refractivity contribution < 1.29 is 5.11 Å². The molecule has 3 rings (SSSR count). The van der Waals surface area contributed by atoms with E-state index in [1.807, 2.05) is 6.92 Å². The van der Waals surface area contributed by atoms with Crippen molar-refractivity contribution in [1.82, 2.24) is 10.2 Å². The fourth-order valence-corrected chi connectivity index (χ4v) is 3.38. The molecule has 1 aromatic rings. The molecule has 1 aromatic heterocycles. The van der Waals surface area contributed by atoms with Crippen LogP contribution in [0, 0.1) is 12.8 Å². The predicted molar refractivity (Wildman–Crippen MR) is 70.5 cm³/mol. The van der Waals surface area contributed by atoms with E-state index in [9.17, 15) is 5.11 Å². The minimum absolute atomic E-state index is 0.405. The summed E-state index contributed by atoms with van der Waals surface area (Å²) in [6, 6.07) is 2.08. The molecule has 0 bridgehead atoms. The molecule has 1 saturated heterocycles. The predicted octanol–water partition coefficient (Wildman–Crippen LogP) is 1.92. The Morgan fingerprint density at radius 2 is 2.28 bits per heavy atom. The van der Waals surface area contributed by atoms with Crippen molar-refractivity contribution in [3.8, 4) is 0 Å². The number of rotatable bonds is 1. The zero-order valence-electron chi connectivity index (χ0n) is 11.0. The van der Waals surface area contributed by atoms with E-state index in [1.165, 1.54) is 12.8 Å². The Morgan fingerprint density at radius 3 is 3.11 bits per heavy atom. The first kappa shape index (κ1) is 11.9. The second-order valence-electron chi connectivity index (χ2n) is 5.83. The van der Waals surface area contributed by atoms with Crippen LogP contribution in [0.4, 0.5) is 5.82 Å². The van der Waals surface area contributed by atoms with Crippen molar-refractivity contribution in [2.24, 2.45) is 5.92 Å². The van der Waals surface area contributed by atoms with Gasteiger partial charge in [-0.1, -0.05) is 12.8 Å². The van der Waals surface area contributed by atoms with E-state index in [0.717, 1.165) is 43.7 Å². The Balaban J connectivity index is 1.77. The number of aromatic nitrogens is 2. The highest BCUT2D eigenvalue weighted by Crippen LogP contribution is 2.40. The second-order valence-corrected chi connectivity index (χ2v) is 5.83. The molecule has 4 heteroatoms. The van der Waals surface area contributed by atoms with Crippen molar-refractivity contribution in [3.05, 3.63) is 17.8 Å². The number of aryl methyl sites for hydroxylation is 1. The molecule has 1 aliphatic heterocycles. The van der Waals surface area contributed by atoms with Gasteiger partial charge in [0.2, 0.25) is 0 Å². The van der Waals surface area contributed by atoms with Gasteiger partial charge in [-0.25, -0.2) is 0 Å². The van der Waals surface area contributed by atoms with Crippen molar-refractivity contribution in [2.45, 2.75) is 44.6 Å². The van der Waals surface area contributed by atoms with Crippen molar-refractivity contribution in [3.63, 3.8) is 0 Å². The van der Waals surface area contributed by atoms with Gasteiger partial charge in [-0.15, -0.1) is 5.10 Å². The summed E-state index contributed by atoms with van der Waals surface area (Å²) in [6.07, 6.45) is 7.20. The number of hydrogen-bond acceptors (Lipinski definition) is 4. The third-order valence-corrected chi connectivity index (χ3v) is 4.53. The van der Waals surface area contributed by atoms with Gasteiger partial charge in [-0.3, -0.25) is 0 Å². The van der Waals surface area contributed by atoms with E-state index in [2.05, 4.69) is 21.2 Å². The quantitative estimate of drug-likeness (QED) is 0.823. The molecular weight excluding hydrogens is 226 g/mol. The van der Waals surface area contributed by atoms with Crippen LogP contribution in [0.3, 0.4) is 0 Å². The number of piperidine rings is 1. The van der Waals surface area contributed by atoms with E-state index < -0.39 is 5.60 Å². The van der Waals surface area contributed by atoms with Gasteiger partial charge in [-0.2, -0.15) is 5.10 Å². The summed E-state index contributed by atoms with van der Waals surface area (Å²) in [7, 11) is 0. The fraction of sp³-hybridized carbons (Fsp3) is 0.714. The van der Waals surface area contributed by atoms with Gasteiger partial charge in [0.05, 0.1) is 11.8 Å². The first-order chi connectivity index (χ1) is 8.67. The summed E-state index contributed by atoms with van der Waals surface area (Å²) >= 11 is 0. The van der Waals surface area contributed by atoms with Gasteiger partial charge in [0.15, 0.2) is 5.82 Å². The molecule has 98 valence electrons. The fourth-order valence-electron chi connectivity index (χ4n) is 3.38. The van der Waals surface area contributed by atoms with E-state index in [0.29, 0.717) is 5.92 Å². The summed E-state index contributed by atoms with van der Waals surface area (Å²) in [5.41, 5.74) is 0.732. The third kappa shape index (κ3) is 2.09. The molecule has 0 spiro atoms. The van der Waals surface area contributed by atoms with Gasteiger partial charge in [0.1, 0.15) is 0 Å². The largest absolute Gasteiger partial charge is 0.389 e. The molecule has 0 radical (unpaired) electrons. The molecule has 1 N–H and O–H groups in total. The van der Waals surface area contributed by atoms with Crippen LogP contribution in [0.15, 0.2) is 12.3 Å². The lowest BCUT2D eigenvalue weighted by Crippen LogP contribution is -2.53. The lowest BCUT2D eigenvalue weighted by atomic mass is 9.71. The van der Waals surface area contributed by atoms with Crippen LogP contribution in [0.2, 0.25) is 0 Å². The Hall–Kier alpha value is -1.16. The third-order valence-electron chi connectivity index (χ3n) is 4.53. The molecule has 2 aliphatic rings. The number of hydrogen-bond donors (Lipinski definition) is 1. The van der Waals surface area contributed by atoms with Crippen LogP contribution in [0.5, 0.6) is 0 Å². The summed E-state index contributed by atoms with van der Waals surface area (Å²) in [5, 5.41) is 18.9. The van der Waals surface area contributed by atoms with E-state index in [1.54, 1.807) is 6.20 Å². The normalized spacial score (nSPS) is 32.1. The van der Waals surface area contributed by atoms with Crippen LogP contribution in [0.1, 0.15) is 37.7 Å². The van der Waals surface area contributed by atoms with Crippen LogP contribution in [0.25, 0.3) is 0 Å². The highest BCUT2D eigenvalue weighted by Gasteiger charge is 2.42. The van der Waals surface area contributed by atoms with Gasteiger partial charge < -0.3 is 10.0 Å². The second kappa shape index (κ2) is 4.50. The minimum atomic E-state index is -0.411. The molecule has 2 fully saturated rings. The van der Waals surface area contributed by atoms with Crippen LogP contribution < -0.4 is 4.90 Å². The van der Waals surface area contributed by atoms with Crippen LogP contribution >= 0.6 is 0 Å². The van der Waals surface area contributed by atoms with Crippen molar-refractivity contribution in [2.75, 3.05) is 18.0 Å². The SMILES string of the molecule is Cc1cnnc(N2CCC3(O)CCCCC3C2)c1. The first-order valence-electron chi connectivity index (χ1n) is 6.94. The molecule has 1 saturated carbocycles. The number of fused-ring (bicyclic) bond motifs is 1. The van der Waals surface area contributed by atoms with Gasteiger partial charge in [0, 0.05) is 19.0 Å². The maximum absolute atomic E-state index is 10.6. The Morgan fingerprint density at radius 1 is 1.39 bits per heavy atom. The molecule has 2 atom stereocenters. The number of nitrogens with zero attached hydrogens (tertiary/aromatic N) is 3. The molecule has 2 heterocycles. The summed E-state index contributed by atoms with van der Waals surface area (Å²) in [6.45, 7) is 3.86. The maximum Gasteiger partial charge on any atom is 0.151 e. The van der Waals surface area contributed by atoms with Gasteiger partial charge in [0.25, 0.3) is 0 Å². The lowest BCUT2D eigenvalue weighted by Gasteiger charge is -2.47. The van der Waals surface area contributed by atoms with Gasteiger partial charge >= 0.3 is 0 Å². The number of anilines is 1. The molecule has 4 nitrogen and oxygen atoms in total.